The van der Waals surface area contributed by atoms with E-state index in [0.29, 0.717) is 29.3 Å². The van der Waals surface area contributed by atoms with Gasteiger partial charge in [-0.1, -0.05) is 37.1 Å². The van der Waals surface area contributed by atoms with Gasteiger partial charge in [0.2, 0.25) is 5.91 Å². The van der Waals surface area contributed by atoms with Crippen molar-refractivity contribution in [2.45, 2.75) is 45.2 Å². The van der Waals surface area contributed by atoms with E-state index < -0.39 is 35.7 Å². The van der Waals surface area contributed by atoms with Gasteiger partial charge in [0.25, 0.3) is 5.91 Å². The Balaban J connectivity index is 1.92. The summed E-state index contributed by atoms with van der Waals surface area (Å²) in [5.74, 6) is -1.88. The van der Waals surface area contributed by atoms with Crippen LogP contribution in [0.4, 0.5) is 4.39 Å². The van der Waals surface area contributed by atoms with Crippen LogP contribution in [0.3, 0.4) is 0 Å². The lowest BCUT2D eigenvalue weighted by atomic mass is 10.0. The predicted octanol–water partition coefficient (Wildman–Crippen LogP) is 3.89. The normalized spacial score (nSPS) is 12.7. The lowest BCUT2D eigenvalue weighted by molar-refractivity contribution is -0.153. The third-order valence-electron chi connectivity index (χ3n) is 5.71. The first kappa shape index (κ1) is 26.2. The number of nitrogens with one attached hydrogen (secondary N) is 2. The van der Waals surface area contributed by atoms with Crippen molar-refractivity contribution >= 4 is 40.3 Å². The Morgan fingerprint density at radius 1 is 1.20 bits per heavy atom. The molecule has 2 aromatic heterocycles. The molecule has 3 rings (SSSR count). The molecule has 0 aliphatic rings. The molecular weight excluding hydrogens is 475 g/mol. The second-order valence-corrected chi connectivity index (χ2v) is 8.47. The van der Waals surface area contributed by atoms with E-state index in [4.69, 9.17) is 16.3 Å². The van der Waals surface area contributed by atoms with Crippen LogP contribution >= 0.6 is 11.6 Å². The maximum Gasteiger partial charge on any atom is 0.328 e. The van der Waals surface area contributed by atoms with Crippen molar-refractivity contribution in [3.8, 4) is 0 Å². The van der Waals surface area contributed by atoms with Gasteiger partial charge in [-0.05, 0) is 43.2 Å². The zero-order valence-electron chi connectivity index (χ0n) is 19.8. The smallest absolute Gasteiger partial charge is 0.328 e. The van der Waals surface area contributed by atoms with Gasteiger partial charge in [0, 0.05) is 18.4 Å². The molecule has 2 heterocycles. The van der Waals surface area contributed by atoms with Crippen LogP contribution in [0.5, 0.6) is 0 Å². The van der Waals surface area contributed by atoms with E-state index in [9.17, 15) is 18.8 Å². The fourth-order valence-electron chi connectivity index (χ4n) is 3.96. The summed E-state index contributed by atoms with van der Waals surface area (Å²) >= 11 is 5.94. The molecule has 10 heteroatoms. The molecule has 2 amide bonds. The Morgan fingerprint density at radius 2 is 1.91 bits per heavy atom. The highest BCUT2D eigenvalue weighted by Gasteiger charge is 2.34. The Hall–Kier alpha value is -3.46. The fourth-order valence-corrected chi connectivity index (χ4v) is 4.13. The maximum absolute atomic E-state index is 13.7. The number of nitrogens with zero attached hydrogens (tertiary/aromatic N) is 2. The first-order valence-electron chi connectivity index (χ1n) is 11.3. The van der Waals surface area contributed by atoms with Gasteiger partial charge >= 0.3 is 5.97 Å². The number of amides is 2. The van der Waals surface area contributed by atoms with Gasteiger partial charge < -0.3 is 19.9 Å². The van der Waals surface area contributed by atoms with Gasteiger partial charge in [-0.2, -0.15) is 0 Å². The van der Waals surface area contributed by atoms with Gasteiger partial charge in [0.1, 0.15) is 28.7 Å². The van der Waals surface area contributed by atoms with Crippen LogP contribution in [0.1, 0.15) is 42.7 Å². The minimum Gasteiger partial charge on any atom is -0.467 e. The van der Waals surface area contributed by atoms with Crippen LogP contribution in [0.15, 0.2) is 42.6 Å². The summed E-state index contributed by atoms with van der Waals surface area (Å²) in [6, 6.07) is 7.13. The molecule has 186 valence electrons. The van der Waals surface area contributed by atoms with E-state index >= 15 is 0 Å². The summed E-state index contributed by atoms with van der Waals surface area (Å²) < 4.78 is 18.3. The summed E-state index contributed by atoms with van der Waals surface area (Å²) in [7, 11) is 1.28. The Labute approximate surface area is 207 Å². The zero-order chi connectivity index (χ0) is 25.5. The Kier molecular flexibility index (Phi) is 8.81. The largest absolute Gasteiger partial charge is 0.467 e. The number of likely N-dealkylation sites (N-methyl/N-ethyl adjacent to an activating group) is 1. The van der Waals surface area contributed by atoms with E-state index in [-0.39, 0.29) is 23.8 Å². The molecule has 0 saturated carbocycles. The second-order valence-electron chi connectivity index (χ2n) is 8.09. The van der Waals surface area contributed by atoms with Gasteiger partial charge in [-0.15, -0.1) is 0 Å². The molecule has 0 spiro atoms. The minimum absolute atomic E-state index is 0.106. The van der Waals surface area contributed by atoms with Crippen LogP contribution in [-0.4, -0.2) is 58.4 Å². The summed E-state index contributed by atoms with van der Waals surface area (Å²) in [5, 5.41) is 3.76. The molecule has 1 aromatic carbocycles. The number of benzene rings is 1. The molecular formula is C25H28ClFN4O4. The number of carbonyl (C=O) groups excluding carboxylic acids is 3. The summed E-state index contributed by atoms with van der Waals surface area (Å²) in [5.41, 5.74) is 1.49. The lowest BCUT2D eigenvalue weighted by Gasteiger charge is -2.32. The number of hydrogen-bond acceptors (Lipinski definition) is 5. The van der Waals surface area contributed by atoms with E-state index in [1.165, 1.54) is 30.3 Å². The third kappa shape index (κ3) is 6.36. The first-order chi connectivity index (χ1) is 16.8. The Bertz CT molecular complexity index is 1200. The number of rotatable bonds is 10. The van der Waals surface area contributed by atoms with Gasteiger partial charge in [-0.25, -0.2) is 14.2 Å². The molecule has 2 N–H and O–H groups in total. The molecule has 35 heavy (non-hydrogen) atoms. The highest BCUT2D eigenvalue weighted by molar-refractivity contribution is 6.30. The van der Waals surface area contributed by atoms with E-state index in [1.807, 2.05) is 6.92 Å². The molecule has 0 aliphatic heterocycles. The molecule has 0 aliphatic carbocycles. The van der Waals surface area contributed by atoms with Crippen LogP contribution < -0.4 is 5.32 Å². The molecule has 2 atom stereocenters. The molecule has 0 radical (unpaired) electrons. The van der Waals surface area contributed by atoms with Crippen LogP contribution in [0.2, 0.25) is 5.15 Å². The quantitative estimate of drug-likeness (QED) is 0.323. The topological polar surface area (TPSA) is 104 Å². The Morgan fingerprint density at radius 3 is 2.54 bits per heavy atom. The number of halogens is 2. The van der Waals surface area contributed by atoms with Crippen LogP contribution in [0, 0.1) is 5.82 Å². The van der Waals surface area contributed by atoms with Crippen molar-refractivity contribution in [1.29, 1.82) is 0 Å². The monoisotopic (exact) mass is 502 g/mol. The highest BCUT2D eigenvalue weighted by Crippen LogP contribution is 2.19. The van der Waals surface area contributed by atoms with E-state index in [2.05, 4.69) is 15.3 Å². The third-order valence-corrected chi connectivity index (χ3v) is 5.91. The van der Waals surface area contributed by atoms with E-state index in [0.717, 1.165) is 0 Å². The molecule has 3 aromatic rings. The molecule has 1 unspecified atom stereocenters. The second kappa shape index (κ2) is 11.8. The number of methoxy groups -OCH3 is 1. The number of pyridine rings is 1. The average molecular weight is 503 g/mol. The first-order valence-corrected chi connectivity index (χ1v) is 11.7. The standard InChI is InChI=1S/C25H28ClFN4O4/c1-4-6-21(25(34)35-3)31(5-2)24(33)19(11-15-7-9-17(27)10-8-15)30-23(32)18-12-16-13-22(26)28-14-20(16)29-18/h7-10,12-14,19,21,29H,4-6,11H2,1-3H3,(H,30,32)/t19-,21?/m0/s1. The molecule has 0 bridgehead atoms. The van der Waals surface area contributed by atoms with Gasteiger partial charge in [0.15, 0.2) is 0 Å². The predicted molar refractivity (Wildman–Crippen MR) is 131 cm³/mol. The fraction of sp³-hybridized carbons (Fsp3) is 0.360. The molecule has 8 nitrogen and oxygen atoms in total. The minimum atomic E-state index is -1.01. The van der Waals surface area contributed by atoms with Gasteiger partial charge in [0.05, 0.1) is 18.8 Å². The van der Waals surface area contributed by atoms with Crippen molar-refractivity contribution in [3.63, 3.8) is 0 Å². The SMILES string of the molecule is CCCC(C(=O)OC)N(CC)C(=O)[C@H](Cc1ccc(F)cc1)NC(=O)c1cc2cc(Cl)ncc2[nH]1. The van der Waals surface area contributed by atoms with Gasteiger partial charge in [-0.3, -0.25) is 9.59 Å². The van der Waals surface area contributed by atoms with Crippen LogP contribution in [0.25, 0.3) is 10.9 Å². The van der Waals surface area contributed by atoms with Crippen molar-refractivity contribution in [1.82, 2.24) is 20.2 Å². The highest BCUT2D eigenvalue weighted by atomic mass is 35.5. The molecule has 0 saturated heterocycles. The summed E-state index contributed by atoms with van der Waals surface area (Å²) in [6.07, 6.45) is 2.69. The number of H-pyrrole nitrogens is 1. The zero-order valence-corrected chi connectivity index (χ0v) is 20.6. The maximum atomic E-state index is 13.7. The van der Waals surface area contributed by atoms with Crippen LogP contribution in [-0.2, 0) is 20.7 Å². The number of esters is 1. The number of hydrogen-bond donors (Lipinski definition) is 2. The summed E-state index contributed by atoms with van der Waals surface area (Å²) in [6.45, 7) is 3.91. The van der Waals surface area contributed by atoms with Crippen molar-refractivity contribution < 1.29 is 23.5 Å². The molecule has 0 fully saturated rings. The van der Waals surface area contributed by atoms with E-state index in [1.54, 1.807) is 31.2 Å². The number of aromatic amines is 1. The van der Waals surface area contributed by atoms with Crippen molar-refractivity contribution in [3.05, 3.63) is 64.8 Å². The number of ether oxygens (including phenoxy) is 1. The van der Waals surface area contributed by atoms with Crippen molar-refractivity contribution in [2.24, 2.45) is 0 Å². The number of fused-ring (bicyclic) bond motifs is 1. The summed E-state index contributed by atoms with van der Waals surface area (Å²) in [4.78, 5) is 47.6. The lowest BCUT2D eigenvalue weighted by Crippen LogP contribution is -2.54. The number of aromatic nitrogens is 2. The average Bonchev–Trinajstić information content (AvgIpc) is 3.27. The number of carbonyl (C=O) groups is 3. The van der Waals surface area contributed by atoms with Crippen molar-refractivity contribution in [2.75, 3.05) is 13.7 Å².